The average Bonchev–Trinajstić information content (AvgIpc) is 3.18. The summed E-state index contributed by atoms with van der Waals surface area (Å²) in [5, 5.41) is 5.59. The van der Waals surface area contributed by atoms with E-state index < -0.39 is 5.41 Å². The van der Waals surface area contributed by atoms with Crippen LogP contribution >= 0.6 is 11.3 Å². The Morgan fingerprint density at radius 2 is 1.82 bits per heavy atom. The third-order valence-corrected chi connectivity index (χ3v) is 7.01. The van der Waals surface area contributed by atoms with E-state index in [9.17, 15) is 9.59 Å². The van der Waals surface area contributed by atoms with Crippen molar-refractivity contribution in [3.8, 4) is 11.3 Å². The molecule has 3 atom stereocenters. The summed E-state index contributed by atoms with van der Waals surface area (Å²) in [6, 6.07) is 18.0. The van der Waals surface area contributed by atoms with Gasteiger partial charge in [0.2, 0.25) is 5.91 Å². The van der Waals surface area contributed by atoms with Crippen molar-refractivity contribution in [1.29, 1.82) is 0 Å². The lowest BCUT2D eigenvalue weighted by atomic mass is 9.54. The summed E-state index contributed by atoms with van der Waals surface area (Å²) in [4.78, 5) is 30.4. The summed E-state index contributed by atoms with van der Waals surface area (Å²) in [5.41, 5.74) is 3.54. The van der Waals surface area contributed by atoms with E-state index in [0.29, 0.717) is 18.0 Å². The van der Waals surface area contributed by atoms with Gasteiger partial charge in [-0.3, -0.25) is 9.59 Å². The molecule has 1 fully saturated rings. The fourth-order valence-electron chi connectivity index (χ4n) is 4.69. The smallest absolute Gasteiger partial charge is 0.232 e. The third kappa shape index (κ3) is 2.61. The molecule has 0 aliphatic heterocycles. The minimum atomic E-state index is -0.606. The number of nitrogens with zero attached hydrogens (tertiary/aromatic N) is 1. The summed E-state index contributed by atoms with van der Waals surface area (Å²) in [6.45, 7) is 1.99. The van der Waals surface area contributed by atoms with E-state index in [4.69, 9.17) is 0 Å². The van der Waals surface area contributed by atoms with E-state index in [1.54, 1.807) is 0 Å². The number of hydrogen-bond donors (Lipinski definition) is 1. The molecule has 140 valence electrons. The Bertz CT molecular complexity index is 1070. The Morgan fingerprint density at radius 3 is 2.61 bits per heavy atom. The van der Waals surface area contributed by atoms with Gasteiger partial charge < -0.3 is 5.32 Å². The van der Waals surface area contributed by atoms with E-state index in [-0.39, 0.29) is 23.5 Å². The molecule has 1 N–H and O–H groups in total. The number of carbonyl (C=O) groups is 2. The van der Waals surface area contributed by atoms with Crippen molar-refractivity contribution in [3.63, 3.8) is 0 Å². The lowest BCUT2D eigenvalue weighted by Crippen LogP contribution is -2.49. The van der Waals surface area contributed by atoms with E-state index in [2.05, 4.69) is 16.4 Å². The summed E-state index contributed by atoms with van der Waals surface area (Å²) >= 11 is 1.43. The van der Waals surface area contributed by atoms with Gasteiger partial charge in [-0.1, -0.05) is 61.5 Å². The topological polar surface area (TPSA) is 59.1 Å². The molecule has 3 aromatic rings. The van der Waals surface area contributed by atoms with Gasteiger partial charge in [0.05, 0.1) is 11.1 Å². The van der Waals surface area contributed by atoms with Gasteiger partial charge in [0, 0.05) is 29.2 Å². The Balaban J connectivity index is 1.42. The molecule has 0 radical (unpaired) electrons. The highest BCUT2D eigenvalue weighted by Gasteiger charge is 2.54. The Morgan fingerprint density at radius 1 is 1.11 bits per heavy atom. The quantitative estimate of drug-likeness (QED) is 0.687. The number of amides is 1. The Labute approximate surface area is 167 Å². The van der Waals surface area contributed by atoms with Crippen LogP contribution in [-0.4, -0.2) is 16.7 Å². The first-order valence-electron chi connectivity index (χ1n) is 9.50. The highest BCUT2D eigenvalue weighted by atomic mass is 32.1. The zero-order chi connectivity index (χ0) is 19.3. The second-order valence-electron chi connectivity index (χ2n) is 7.88. The average molecular weight is 388 g/mol. The molecule has 3 aliphatic carbocycles. The standard InChI is InChI=1S/C23H20N2O2S/c1-23(12-17-15-9-5-6-10-16(15)18(23)11-20(17)26)21(27)25-22-24-19(13-28-22)14-7-3-2-4-8-14/h2-10,13,17-18H,11-12H2,1H3,(H,24,25,27). The van der Waals surface area contributed by atoms with Gasteiger partial charge in [-0.2, -0.15) is 0 Å². The SMILES string of the molecule is CC1(C(=O)Nc2nc(-c3ccccc3)cs2)CC2C(=O)CC1c1ccccc12. The predicted molar refractivity (Wildman–Crippen MR) is 110 cm³/mol. The number of nitrogens with one attached hydrogen (secondary N) is 1. The fraction of sp³-hybridized carbons (Fsp3) is 0.261. The van der Waals surface area contributed by atoms with Gasteiger partial charge in [0.15, 0.2) is 5.13 Å². The van der Waals surface area contributed by atoms with E-state index in [1.807, 2.05) is 60.8 Å². The number of carbonyl (C=O) groups excluding carboxylic acids is 2. The molecule has 5 heteroatoms. The Kier molecular flexibility index (Phi) is 3.95. The molecule has 3 aliphatic rings. The molecular formula is C23H20N2O2S. The van der Waals surface area contributed by atoms with Crippen LogP contribution in [0.3, 0.4) is 0 Å². The van der Waals surface area contributed by atoms with Crippen molar-refractivity contribution in [2.45, 2.75) is 31.6 Å². The Hall–Kier alpha value is -2.79. The number of Topliss-reactive ketones (excluding diaryl/α,β-unsaturated/α-hetero) is 1. The summed E-state index contributed by atoms with van der Waals surface area (Å²) < 4.78 is 0. The monoisotopic (exact) mass is 388 g/mol. The predicted octanol–water partition coefficient (Wildman–Crippen LogP) is 5.00. The molecule has 6 rings (SSSR count). The minimum absolute atomic E-state index is 0.0431. The van der Waals surface area contributed by atoms with E-state index in [1.165, 1.54) is 11.3 Å². The van der Waals surface area contributed by atoms with Crippen molar-refractivity contribution < 1.29 is 9.59 Å². The number of ketones is 1. The summed E-state index contributed by atoms with van der Waals surface area (Å²) in [7, 11) is 0. The normalized spacial score (nSPS) is 25.4. The van der Waals surface area contributed by atoms with Crippen LogP contribution in [0.5, 0.6) is 0 Å². The number of rotatable bonds is 3. The zero-order valence-electron chi connectivity index (χ0n) is 15.5. The maximum atomic E-state index is 13.3. The van der Waals surface area contributed by atoms with Crippen molar-refractivity contribution in [3.05, 3.63) is 71.1 Å². The summed E-state index contributed by atoms with van der Waals surface area (Å²) in [6.07, 6.45) is 1.01. The van der Waals surface area contributed by atoms with Crippen LogP contribution in [0.1, 0.15) is 42.7 Å². The van der Waals surface area contributed by atoms with Gasteiger partial charge >= 0.3 is 0 Å². The highest BCUT2D eigenvalue weighted by Crippen LogP contribution is 2.57. The number of hydrogen-bond acceptors (Lipinski definition) is 4. The van der Waals surface area contributed by atoms with Crippen LogP contribution in [0, 0.1) is 5.41 Å². The number of anilines is 1. The molecule has 1 aromatic heterocycles. The first-order valence-corrected chi connectivity index (χ1v) is 10.4. The maximum absolute atomic E-state index is 13.3. The van der Waals surface area contributed by atoms with Gasteiger partial charge in [-0.05, 0) is 17.5 Å². The van der Waals surface area contributed by atoms with Crippen LogP contribution < -0.4 is 5.32 Å². The van der Waals surface area contributed by atoms with Gasteiger partial charge in [0.1, 0.15) is 5.78 Å². The van der Waals surface area contributed by atoms with Gasteiger partial charge in [0.25, 0.3) is 0 Å². The molecule has 28 heavy (non-hydrogen) atoms. The number of aromatic nitrogens is 1. The highest BCUT2D eigenvalue weighted by molar-refractivity contribution is 7.14. The minimum Gasteiger partial charge on any atom is -0.301 e. The van der Waals surface area contributed by atoms with Crippen LogP contribution in [0.25, 0.3) is 11.3 Å². The first-order chi connectivity index (χ1) is 13.6. The summed E-state index contributed by atoms with van der Waals surface area (Å²) in [5.74, 6) is -0.0315. The van der Waals surface area contributed by atoms with Crippen LogP contribution in [0.4, 0.5) is 5.13 Å². The molecule has 0 spiro atoms. The fourth-order valence-corrected chi connectivity index (χ4v) is 5.41. The molecule has 1 saturated carbocycles. The van der Waals surface area contributed by atoms with E-state index in [0.717, 1.165) is 22.4 Å². The lowest BCUT2D eigenvalue weighted by Gasteiger charge is -2.48. The van der Waals surface area contributed by atoms with Crippen molar-refractivity contribution >= 4 is 28.2 Å². The van der Waals surface area contributed by atoms with Crippen LogP contribution in [0.15, 0.2) is 60.0 Å². The van der Waals surface area contributed by atoms with E-state index >= 15 is 0 Å². The molecule has 4 nitrogen and oxygen atoms in total. The molecule has 1 heterocycles. The molecule has 3 unspecified atom stereocenters. The second-order valence-corrected chi connectivity index (χ2v) is 8.74. The molecular weight excluding hydrogens is 368 g/mol. The van der Waals surface area contributed by atoms with Crippen LogP contribution in [0.2, 0.25) is 0 Å². The number of thiazole rings is 1. The number of fused-ring (bicyclic) bond motifs is 2. The van der Waals surface area contributed by atoms with Gasteiger partial charge in [-0.15, -0.1) is 11.3 Å². The zero-order valence-corrected chi connectivity index (χ0v) is 16.3. The van der Waals surface area contributed by atoms with Crippen LogP contribution in [-0.2, 0) is 9.59 Å². The second kappa shape index (κ2) is 6.38. The van der Waals surface area contributed by atoms with Crippen molar-refractivity contribution in [2.24, 2.45) is 5.41 Å². The number of benzene rings is 2. The largest absolute Gasteiger partial charge is 0.301 e. The van der Waals surface area contributed by atoms with Crippen molar-refractivity contribution in [1.82, 2.24) is 4.98 Å². The maximum Gasteiger partial charge on any atom is 0.232 e. The molecule has 0 saturated heterocycles. The lowest BCUT2D eigenvalue weighted by molar-refractivity contribution is -0.134. The van der Waals surface area contributed by atoms with Crippen molar-refractivity contribution in [2.75, 3.05) is 5.32 Å². The molecule has 2 aromatic carbocycles. The molecule has 1 amide bonds. The third-order valence-electron chi connectivity index (χ3n) is 6.25. The first kappa shape index (κ1) is 17.3. The van der Waals surface area contributed by atoms with Gasteiger partial charge in [-0.25, -0.2) is 4.98 Å². The molecule has 2 bridgehead atoms.